The zero-order chi connectivity index (χ0) is 16.4. The minimum Gasteiger partial charge on any atom is -0.357 e. The molecule has 0 fully saturated rings. The number of nitrogens with zero attached hydrogens (tertiary/aromatic N) is 1. The van der Waals surface area contributed by atoms with E-state index in [9.17, 15) is 14.5 Å². The van der Waals surface area contributed by atoms with Crippen LogP contribution in [0.25, 0.3) is 0 Å². The fourth-order valence-corrected chi connectivity index (χ4v) is 2.45. The molecule has 0 heterocycles. The third-order valence-electron chi connectivity index (χ3n) is 3.57. The number of nitro benzene ring substituents is 1. The lowest BCUT2D eigenvalue weighted by Gasteiger charge is -2.26. The summed E-state index contributed by atoms with van der Waals surface area (Å²) in [5.41, 5.74) is 3.20. The molecule has 0 saturated heterocycles. The summed E-state index contributed by atoms with van der Waals surface area (Å²) in [6.07, 6.45) is 1.69. The predicted octanol–water partition coefficient (Wildman–Crippen LogP) is 4.92. The van der Waals surface area contributed by atoms with Crippen molar-refractivity contribution in [2.45, 2.75) is 12.8 Å². The minimum atomic E-state index is -0.514. The van der Waals surface area contributed by atoms with Gasteiger partial charge in [0.2, 0.25) is 0 Å². The van der Waals surface area contributed by atoms with Crippen LogP contribution in [0.1, 0.15) is 12.8 Å². The van der Waals surface area contributed by atoms with Crippen molar-refractivity contribution in [2.24, 2.45) is 0 Å². The zero-order valence-electron chi connectivity index (χ0n) is 12.0. The molecular formula is C16H13ClFN3O2. The molecule has 3 rings (SSSR count). The van der Waals surface area contributed by atoms with Crippen LogP contribution < -0.4 is 10.6 Å². The maximum absolute atomic E-state index is 12.9. The number of hydrogen-bond acceptors (Lipinski definition) is 4. The van der Waals surface area contributed by atoms with Crippen LogP contribution in [0.2, 0.25) is 5.02 Å². The first kappa shape index (κ1) is 15.3. The molecule has 1 aliphatic rings. The van der Waals surface area contributed by atoms with Gasteiger partial charge < -0.3 is 10.6 Å². The third-order valence-corrected chi connectivity index (χ3v) is 3.89. The van der Waals surface area contributed by atoms with Crippen molar-refractivity contribution < 1.29 is 9.31 Å². The molecule has 0 spiro atoms. The van der Waals surface area contributed by atoms with Crippen LogP contribution in [0.4, 0.5) is 21.5 Å². The molecule has 2 aromatic rings. The van der Waals surface area contributed by atoms with Crippen molar-refractivity contribution in [1.29, 1.82) is 0 Å². The van der Waals surface area contributed by atoms with E-state index in [0.29, 0.717) is 5.69 Å². The SMILES string of the molecule is O=[N+]([O-])c1cc(NC2=C(Nc3ccc(F)cc3)CC2)ccc1Cl. The van der Waals surface area contributed by atoms with Crippen molar-refractivity contribution in [1.82, 2.24) is 0 Å². The maximum atomic E-state index is 12.9. The molecule has 5 nitrogen and oxygen atoms in total. The van der Waals surface area contributed by atoms with Crippen LogP contribution in [0.5, 0.6) is 0 Å². The highest BCUT2D eigenvalue weighted by atomic mass is 35.5. The Kier molecular flexibility index (Phi) is 4.16. The Balaban J connectivity index is 1.76. The highest BCUT2D eigenvalue weighted by Crippen LogP contribution is 2.33. The second kappa shape index (κ2) is 6.26. The number of halogens is 2. The van der Waals surface area contributed by atoms with Gasteiger partial charge in [0.15, 0.2) is 0 Å². The van der Waals surface area contributed by atoms with Crippen molar-refractivity contribution >= 4 is 28.7 Å². The number of benzene rings is 2. The Labute approximate surface area is 136 Å². The first-order valence-electron chi connectivity index (χ1n) is 6.98. The number of nitrogens with one attached hydrogen (secondary N) is 2. The topological polar surface area (TPSA) is 67.2 Å². The quantitative estimate of drug-likeness (QED) is 0.602. The Morgan fingerprint density at radius 1 is 1.00 bits per heavy atom. The number of anilines is 2. The molecule has 0 atom stereocenters. The molecule has 1 aliphatic carbocycles. The smallest absolute Gasteiger partial charge is 0.289 e. The average molecular weight is 334 g/mol. The highest BCUT2D eigenvalue weighted by Gasteiger charge is 2.19. The molecule has 0 aromatic heterocycles. The molecule has 0 aliphatic heterocycles. The first-order chi connectivity index (χ1) is 11.0. The van der Waals surface area contributed by atoms with Gasteiger partial charge in [-0.2, -0.15) is 0 Å². The van der Waals surface area contributed by atoms with Gasteiger partial charge in [-0.05, 0) is 49.2 Å². The lowest BCUT2D eigenvalue weighted by atomic mass is 10.00. The van der Waals surface area contributed by atoms with E-state index < -0.39 is 4.92 Å². The lowest BCUT2D eigenvalue weighted by Crippen LogP contribution is -2.18. The van der Waals surface area contributed by atoms with Crippen LogP contribution in [0.15, 0.2) is 53.9 Å². The summed E-state index contributed by atoms with van der Waals surface area (Å²) in [4.78, 5) is 10.4. The number of nitro groups is 1. The van der Waals surface area contributed by atoms with E-state index in [-0.39, 0.29) is 16.5 Å². The van der Waals surface area contributed by atoms with Gasteiger partial charge in [-0.15, -0.1) is 0 Å². The second-order valence-electron chi connectivity index (χ2n) is 5.14. The summed E-state index contributed by atoms with van der Waals surface area (Å²) in [7, 11) is 0. The zero-order valence-corrected chi connectivity index (χ0v) is 12.7. The molecule has 0 saturated carbocycles. The molecule has 0 unspecified atom stereocenters. The highest BCUT2D eigenvalue weighted by molar-refractivity contribution is 6.32. The average Bonchev–Trinajstić information content (AvgIpc) is 2.52. The van der Waals surface area contributed by atoms with E-state index in [1.165, 1.54) is 24.3 Å². The molecular weight excluding hydrogens is 321 g/mol. The van der Waals surface area contributed by atoms with Crippen molar-refractivity contribution in [2.75, 3.05) is 10.6 Å². The molecule has 2 aromatic carbocycles. The van der Waals surface area contributed by atoms with E-state index in [1.54, 1.807) is 18.2 Å². The van der Waals surface area contributed by atoms with E-state index in [0.717, 1.165) is 29.9 Å². The third kappa shape index (κ3) is 3.43. The number of allylic oxidation sites excluding steroid dienone is 2. The maximum Gasteiger partial charge on any atom is 0.289 e. The molecule has 118 valence electrons. The Morgan fingerprint density at radius 3 is 2.13 bits per heavy atom. The fraction of sp³-hybridized carbons (Fsp3) is 0.125. The summed E-state index contributed by atoms with van der Waals surface area (Å²) in [6, 6.07) is 10.7. The van der Waals surface area contributed by atoms with Gasteiger partial charge >= 0.3 is 0 Å². The van der Waals surface area contributed by atoms with Crippen molar-refractivity contribution in [3.05, 3.63) is 74.8 Å². The molecule has 0 radical (unpaired) electrons. The van der Waals surface area contributed by atoms with Crippen LogP contribution >= 0.6 is 11.6 Å². The summed E-state index contributed by atoms with van der Waals surface area (Å²) in [6.45, 7) is 0. The predicted molar refractivity (Wildman–Crippen MR) is 88.0 cm³/mol. The molecule has 0 bridgehead atoms. The second-order valence-corrected chi connectivity index (χ2v) is 5.54. The van der Waals surface area contributed by atoms with Gasteiger partial charge in [0.05, 0.1) is 4.92 Å². The van der Waals surface area contributed by atoms with E-state index >= 15 is 0 Å². The number of hydrogen-bond donors (Lipinski definition) is 2. The normalized spacial score (nSPS) is 13.5. The van der Waals surface area contributed by atoms with E-state index in [4.69, 9.17) is 11.6 Å². The Bertz CT molecular complexity index is 790. The Hall–Kier alpha value is -2.60. The fourth-order valence-electron chi connectivity index (χ4n) is 2.26. The van der Waals surface area contributed by atoms with Crippen molar-refractivity contribution in [3.63, 3.8) is 0 Å². The molecule has 23 heavy (non-hydrogen) atoms. The van der Waals surface area contributed by atoms with Crippen LogP contribution in [-0.4, -0.2) is 4.92 Å². The summed E-state index contributed by atoms with van der Waals surface area (Å²) in [5.74, 6) is -0.287. The Morgan fingerprint density at radius 2 is 1.57 bits per heavy atom. The standard InChI is InChI=1S/C16H13ClFN3O2/c17-13-6-5-12(9-16(13)21(22)23)20-15-8-7-14(15)19-11-3-1-10(18)2-4-11/h1-6,9,19-20H,7-8H2. The van der Waals surface area contributed by atoms with Crippen LogP contribution in [0.3, 0.4) is 0 Å². The summed E-state index contributed by atoms with van der Waals surface area (Å²) in [5, 5.41) is 17.4. The van der Waals surface area contributed by atoms with Crippen molar-refractivity contribution in [3.8, 4) is 0 Å². The number of rotatable bonds is 5. The summed E-state index contributed by atoms with van der Waals surface area (Å²) >= 11 is 5.80. The largest absolute Gasteiger partial charge is 0.357 e. The van der Waals surface area contributed by atoms with E-state index in [1.807, 2.05) is 0 Å². The minimum absolute atomic E-state index is 0.104. The monoisotopic (exact) mass is 333 g/mol. The van der Waals surface area contributed by atoms with Crippen LogP contribution in [0, 0.1) is 15.9 Å². The molecule has 2 N–H and O–H groups in total. The lowest BCUT2D eigenvalue weighted by molar-refractivity contribution is -0.384. The van der Waals surface area contributed by atoms with Gasteiger partial charge in [0.1, 0.15) is 10.8 Å². The van der Waals surface area contributed by atoms with Gasteiger partial charge in [-0.1, -0.05) is 11.6 Å². The molecule has 7 heteroatoms. The van der Waals surface area contributed by atoms with Gasteiger partial charge in [-0.3, -0.25) is 10.1 Å². The molecule has 0 amide bonds. The summed E-state index contributed by atoms with van der Waals surface area (Å²) < 4.78 is 12.9. The van der Waals surface area contributed by atoms with Gasteiger partial charge in [0, 0.05) is 28.8 Å². The van der Waals surface area contributed by atoms with Gasteiger partial charge in [0.25, 0.3) is 5.69 Å². The van der Waals surface area contributed by atoms with Crippen LogP contribution in [-0.2, 0) is 0 Å². The van der Waals surface area contributed by atoms with E-state index in [2.05, 4.69) is 10.6 Å². The first-order valence-corrected chi connectivity index (χ1v) is 7.36. The van der Waals surface area contributed by atoms with Gasteiger partial charge in [-0.25, -0.2) is 4.39 Å².